The Labute approximate surface area is 151 Å². The summed E-state index contributed by atoms with van der Waals surface area (Å²) in [7, 11) is 0. The molecule has 0 bridgehead atoms. The van der Waals surface area contributed by atoms with E-state index in [1.165, 1.54) is 16.9 Å². The highest BCUT2D eigenvalue weighted by molar-refractivity contribution is 7.22. The first-order chi connectivity index (χ1) is 12.2. The third-order valence-corrected chi connectivity index (χ3v) is 5.57. The van der Waals surface area contributed by atoms with Crippen molar-refractivity contribution in [1.82, 2.24) is 15.2 Å². The summed E-state index contributed by atoms with van der Waals surface area (Å²) in [6, 6.07) is 8.20. The second-order valence-corrected chi connectivity index (χ2v) is 7.42. The zero-order chi connectivity index (χ0) is 17.6. The molecule has 1 aromatic carbocycles. The van der Waals surface area contributed by atoms with E-state index in [0.717, 1.165) is 42.6 Å². The highest BCUT2D eigenvalue weighted by Crippen LogP contribution is 2.27. The number of hydrogen-bond acceptors (Lipinski definition) is 5. The topological polar surface area (TPSA) is 81.1 Å². The van der Waals surface area contributed by atoms with Crippen molar-refractivity contribution in [2.75, 3.05) is 31.5 Å². The van der Waals surface area contributed by atoms with Gasteiger partial charge in [0, 0.05) is 6.54 Å². The minimum Gasteiger partial charge on any atom is -0.338 e. The van der Waals surface area contributed by atoms with Crippen LogP contribution in [0.4, 0.5) is 9.93 Å². The summed E-state index contributed by atoms with van der Waals surface area (Å²) >= 11 is 1.50. The number of carbonyl (C=O) groups is 1. The summed E-state index contributed by atoms with van der Waals surface area (Å²) in [6.45, 7) is 5.15. The van der Waals surface area contributed by atoms with Gasteiger partial charge < -0.3 is 5.32 Å². The largest absolute Gasteiger partial charge is 0.338 e. The number of benzene rings is 1. The minimum atomic E-state index is -0.200. The Morgan fingerprint density at radius 2 is 2.24 bits per heavy atom. The molecule has 2 aromatic rings. The molecule has 1 aliphatic heterocycles. The molecule has 3 rings (SSSR count). The normalized spacial score (nSPS) is 15.8. The quantitative estimate of drug-likeness (QED) is 0.805. The van der Waals surface area contributed by atoms with Crippen LogP contribution < -0.4 is 10.6 Å². The summed E-state index contributed by atoms with van der Waals surface area (Å²) < 4.78 is 1.10. The molecule has 25 heavy (non-hydrogen) atoms. The fourth-order valence-electron chi connectivity index (χ4n) is 3.07. The summed E-state index contributed by atoms with van der Waals surface area (Å²) in [5, 5.41) is 15.1. The number of piperidine rings is 1. The van der Waals surface area contributed by atoms with E-state index >= 15 is 0 Å². The van der Waals surface area contributed by atoms with Gasteiger partial charge in [-0.2, -0.15) is 5.26 Å². The molecule has 6 nitrogen and oxygen atoms in total. The predicted octanol–water partition coefficient (Wildman–Crippen LogP) is 3.22. The SMILES string of the molecule is CCc1ccc2nc(NC(=O)NCC3CCN(CC#N)CC3)sc2c1. The summed E-state index contributed by atoms with van der Waals surface area (Å²) in [4.78, 5) is 18.7. The van der Waals surface area contributed by atoms with Crippen molar-refractivity contribution >= 4 is 32.7 Å². The average Bonchev–Trinajstić information content (AvgIpc) is 3.02. The van der Waals surface area contributed by atoms with Crippen molar-refractivity contribution in [3.8, 4) is 6.07 Å². The van der Waals surface area contributed by atoms with E-state index in [1.54, 1.807) is 0 Å². The second kappa shape index (κ2) is 8.28. The van der Waals surface area contributed by atoms with Crippen LogP contribution in [-0.4, -0.2) is 42.1 Å². The molecule has 0 aliphatic carbocycles. The smallest absolute Gasteiger partial charge is 0.321 e. The van der Waals surface area contributed by atoms with Gasteiger partial charge in [-0.1, -0.05) is 24.3 Å². The number of amides is 2. The molecule has 0 spiro atoms. The Hall–Kier alpha value is -2.17. The van der Waals surface area contributed by atoms with Gasteiger partial charge in [0.25, 0.3) is 0 Å². The fraction of sp³-hybridized carbons (Fsp3) is 0.500. The van der Waals surface area contributed by atoms with Crippen LogP contribution in [0.25, 0.3) is 10.2 Å². The zero-order valence-electron chi connectivity index (χ0n) is 14.4. The van der Waals surface area contributed by atoms with Crippen LogP contribution in [0.5, 0.6) is 0 Å². The molecule has 2 N–H and O–H groups in total. The molecule has 2 heterocycles. The monoisotopic (exact) mass is 357 g/mol. The number of hydrogen-bond donors (Lipinski definition) is 2. The predicted molar refractivity (Wildman–Crippen MR) is 101 cm³/mol. The number of aromatic nitrogens is 1. The molecule has 1 aromatic heterocycles. The van der Waals surface area contributed by atoms with E-state index in [4.69, 9.17) is 5.26 Å². The van der Waals surface area contributed by atoms with Crippen molar-refractivity contribution < 1.29 is 4.79 Å². The van der Waals surface area contributed by atoms with E-state index in [-0.39, 0.29) is 6.03 Å². The number of rotatable bonds is 5. The summed E-state index contributed by atoms with van der Waals surface area (Å²) in [5.74, 6) is 0.475. The van der Waals surface area contributed by atoms with E-state index in [1.807, 2.05) is 6.07 Å². The number of urea groups is 1. The molecule has 132 valence electrons. The van der Waals surface area contributed by atoms with Gasteiger partial charge >= 0.3 is 6.03 Å². The first-order valence-electron chi connectivity index (χ1n) is 8.71. The average molecular weight is 357 g/mol. The van der Waals surface area contributed by atoms with E-state index in [0.29, 0.717) is 24.1 Å². The first-order valence-corrected chi connectivity index (χ1v) is 9.53. The Bertz CT molecular complexity index is 773. The standard InChI is InChI=1S/C18H23N5OS/c1-2-13-3-4-15-16(11-13)25-18(21-15)22-17(24)20-12-14-5-8-23(9-6-14)10-7-19/h3-4,11,14H,2,5-6,8-10,12H2,1H3,(H2,20,21,22,24). The summed E-state index contributed by atoms with van der Waals surface area (Å²) in [6.07, 6.45) is 3.02. The third kappa shape index (κ3) is 4.68. The van der Waals surface area contributed by atoms with Gasteiger partial charge in [-0.25, -0.2) is 9.78 Å². The van der Waals surface area contributed by atoms with Crippen LogP contribution in [0, 0.1) is 17.2 Å². The van der Waals surface area contributed by atoms with Crippen LogP contribution in [-0.2, 0) is 6.42 Å². The van der Waals surface area contributed by atoms with Crippen LogP contribution >= 0.6 is 11.3 Å². The van der Waals surface area contributed by atoms with Gasteiger partial charge in [0.1, 0.15) is 0 Å². The molecular formula is C18H23N5OS. The molecule has 0 atom stereocenters. The lowest BCUT2D eigenvalue weighted by atomic mass is 9.97. The van der Waals surface area contributed by atoms with Crippen molar-refractivity contribution in [3.63, 3.8) is 0 Å². The Morgan fingerprint density at radius 3 is 2.96 bits per heavy atom. The number of fused-ring (bicyclic) bond motifs is 1. The number of carbonyl (C=O) groups excluding carboxylic acids is 1. The van der Waals surface area contributed by atoms with Gasteiger partial charge in [-0.15, -0.1) is 0 Å². The van der Waals surface area contributed by atoms with Gasteiger partial charge in [-0.3, -0.25) is 10.2 Å². The van der Waals surface area contributed by atoms with Gasteiger partial charge in [0.05, 0.1) is 22.8 Å². The van der Waals surface area contributed by atoms with Crippen LogP contribution in [0.2, 0.25) is 0 Å². The lowest BCUT2D eigenvalue weighted by Crippen LogP contribution is -2.39. The van der Waals surface area contributed by atoms with Crippen molar-refractivity contribution in [1.29, 1.82) is 5.26 Å². The Morgan fingerprint density at radius 1 is 1.44 bits per heavy atom. The van der Waals surface area contributed by atoms with Crippen LogP contribution in [0.1, 0.15) is 25.3 Å². The van der Waals surface area contributed by atoms with E-state index in [9.17, 15) is 4.79 Å². The molecule has 1 aliphatic rings. The number of nitriles is 1. The molecule has 0 saturated carbocycles. The maximum atomic E-state index is 12.1. The summed E-state index contributed by atoms with van der Waals surface area (Å²) in [5.41, 5.74) is 2.19. The molecule has 2 amide bonds. The van der Waals surface area contributed by atoms with Gasteiger partial charge in [0.2, 0.25) is 0 Å². The Balaban J connectivity index is 1.47. The van der Waals surface area contributed by atoms with Crippen LogP contribution in [0.15, 0.2) is 18.2 Å². The number of thiazole rings is 1. The highest BCUT2D eigenvalue weighted by Gasteiger charge is 2.19. The van der Waals surface area contributed by atoms with Crippen molar-refractivity contribution in [2.45, 2.75) is 26.2 Å². The number of anilines is 1. The van der Waals surface area contributed by atoms with Gasteiger partial charge in [0.15, 0.2) is 5.13 Å². The van der Waals surface area contributed by atoms with Crippen molar-refractivity contribution in [3.05, 3.63) is 23.8 Å². The lowest BCUT2D eigenvalue weighted by Gasteiger charge is -2.30. The number of nitrogens with zero attached hydrogens (tertiary/aromatic N) is 3. The first kappa shape index (κ1) is 17.6. The van der Waals surface area contributed by atoms with Crippen LogP contribution in [0.3, 0.4) is 0 Å². The Kier molecular flexibility index (Phi) is 5.84. The maximum absolute atomic E-state index is 12.1. The third-order valence-electron chi connectivity index (χ3n) is 4.63. The molecular weight excluding hydrogens is 334 g/mol. The lowest BCUT2D eigenvalue weighted by molar-refractivity contribution is 0.199. The molecule has 1 fully saturated rings. The highest BCUT2D eigenvalue weighted by atomic mass is 32.1. The van der Waals surface area contributed by atoms with Gasteiger partial charge in [-0.05, 0) is 56.0 Å². The minimum absolute atomic E-state index is 0.200. The maximum Gasteiger partial charge on any atom is 0.321 e. The fourth-order valence-corrected chi connectivity index (χ4v) is 3.99. The molecule has 7 heteroatoms. The van der Waals surface area contributed by atoms with Crippen molar-refractivity contribution in [2.24, 2.45) is 5.92 Å². The number of likely N-dealkylation sites (tertiary alicyclic amines) is 1. The second-order valence-electron chi connectivity index (χ2n) is 6.39. The molecule has 0 unspecified atom stereocenters. The zero-order valence-corrected chi connectivity index (χ0v) is 15.2. The van der Waals surface area contributed by atoms with E-state index in [2.05, 4.69) is 45.6 Å². The molecule has 0 radical (unpaired) electrons. The number of nitrogens with one attached hydrogen (secondary N) is 2. The van der Waals surface area contributed by atoms with E-state index < -0.39 is 0 Å². The molecule has 1 saturated heterocycles. The number of aryl methyl sites for hydroxylation is 1.